The first-order chi connectivity index (χ1) is 18.0. The molecule has 3 N–H and O–H groups in total. The van der Waals surface area contributed by atoms with Crippen LogP contribution in [0.4, 0.5) is 10.5 Å². The van der Waals surface area contributed by atoms with Crippen molar-refractivity contribution in [2.24, 2.45) is 0 Å². The molecule has 3 amide bonds. The van der Waals surface area contributed by atoms with Crippen LogP contribution in [0.3, 0.4) is 0 Å². The van der Waals surface area contributed by atoms with Gasteiger partial charge in [-0.25, -0.2) is 9.78 Å². The number of hydrogen-bond donors (Lipinski definition) is 3. The molecule has 3 heterocycles. The number of para-hydroxylation sites is 1. The molecule has 5 rings (SSSR count). The van der Waals surface area contributed by atoms with E-state index in [1.54, 1.807) is 41.6 Å². The van der Waals surface area contributed by atoms with Crippen molar-refractivity contribution in [3.05, 3.63) is 100 Å². The normalized spacial score (nSPS) is 13.9. The largest absolute Gasteiger partial charge is 0.334 e. The first-order valence-electron chi connectivity index (χ1n) is 12.1. The number of carbonyl (C=O) groups is 2. The van der Waals surface area contributed by atoms with E-state index in [0.717, 1.165) is 5.56 Å². The molecule has 1 aliphatic heterocycles. The highest BCUT2D eigenvalue weighted by molar-refractivity contribution is 6.04. The van der Waals surface area contributed by atoms with Crippen LogP contribution in [0.5, 0.6) is 0 Å². The van der Waals surface area contributed by atoms with E-state index in [4.69, 9.17) is 0 Å². The van der Waals surface area contributed by atoms with Crippen LogP contribution < -0.4 is 16.2 Å². The average molecular weight is 498 g/mol. The van der Waals surface area contributed by atoms with Crippen LogP contribution in [0.25, 0.3) is 10.9 Å². The van der Waals surface area contributed by atoms with Crippen LogP contribution in [-0.2, 0) is 13.1 Å². The number of amides is 3. The molecule has 0 spiro atoms. The van der Waals surface area contributed by atoms with Gasteiger partial charge < -0.3 is 20.5 Å². The summed E-state index contributed by atoms with van der Waals surface area (Å²) in [6.07, 6.45) is 3.14. The number of H-pyrrole nitrogens is 1. The van der Waals surface area contributed by atoms with E-state index in [1.807, 2.05) is 36.4 Å². The molecule has 0 aliphatic carbocycles. The second-order valence-corrected chi connectivity index (χ2v) is 8.84. The lowest BCUT2D eigenvalue weighted by atomic mass is 10.2. The van der Waals surface area contributed by atoms with E-state index in [0.29, 0.717) is 67.2 Å². The van der Waals surface area contributed by atoms with E-state index in [2.05, 4.69) is 30.5 Å². The second-order valence-electron chi connectivity index (χ2n) is 8.84. The van der Waals surface area contributed by atoms with Gasteiger partial charge in [0.25, 0.3) is 11.5 Å². The highest BCUT2D eigenvalue weighted by Gasteiger charge is 2.21. The molecule has 10 nitrogen and oxygen atoms in total. The van der Waals surface area contributed by atoms with Crippen LogP contribution >= 0.6 is 0 Å². The summed E-state index contributed by atoms with van der Waals surface area (Å²) in [4.78, 5) is 52.7. The minimum absolute atomic E-state index is 0.136. The Hall–Kier alpha value is -4.57. The minimum Gasteiger partial charge on any atom is -0.334 e. The lowest BCUT2D eigenvalue weighted by Gasteiger charge is -2.34. The van der Waals surface area contributed by atoms with Crippen LogP contribution in [0.2, 0.25) is 0 Å². The zero-order valence-corrected chi connectivity index (χ0v) is 20.2. The SMILES string of the molecule is O=C(Nc1cccc(CNC(=O)N2CCN(Cc3nc4ccccc4c(=O)[nH]3)CC2)c1)c1ccncc1. The number of piperazine rings is 1. The van der Waals surface area contributed by atoms with E-state index in [1.165, 1.54) is 0 Å². The number of hydrogen-bond acceptors (Lipinski definition) is 6. The fourth-order valence-electron chi connectivity index (χ4n) is 4.29. The molecule has 0 unspecified atom stereocenters. The third-order valence-electron chi connectivity index (χ3n) is 6.27. The van der Waals surface area contributed by atoms with Gasteiger partial charge in [0.15, 0.2) is 0 Å². The Bertz CT molecular complexity index is 1460. The molecule has 0 atom stereocenters. The Morgan fingerprint density at radius 2 is 1.73 bits per heavy atom. The van der Waals surface area contributed by atoms with Gasteiger partial charge in [-0.2, -0.15) is 0 Å². The van der Waals surface area contributed by atoms with Crippen molar-refractivity contribution in [1.82, 2.24) is 30.1 Å². The number of urea groups is 1. The molecule has 188 valence electrons. The topological polar surface area (TPSA) is 123 Å². The van der Waals surface area contributed by atoms with Crippen molar-refractivity contribution < 1.29 is 9.59 Å². The summed E-state index contributed by atoms with van der Waals surface area (Å²) in [5.74, 6) is 0.405. The summed E-state index contributed by atoms with van der Waals surface area (Å²) < 4.78 is 0. The Kier molecular flexibility index (Phi) is 7.18. The Balaban J connectivity index is 1.10. The monoisotopic (exact) mass is 497 g/mol. The minimum atomic E-state index is -0.218. The Morgan fingerprint density at radius 1 is 0.946 bits per heavy atom. The average Bonchev–Trinajstić information content (AvgIpc) is 2.93. The lowest BCUT2D eigenvalue weighted by molar-refractivity contribution is 0.102. The predicted molar refractivity (Wildman–Crippen MR) is 140 cm³/mol. The fraction of sp³-hybridized carbons (Fsp3) is 0.222. The van der Waals surface area contributed by atoms with Gasteiger partial charge in [-0.05, 0) is 42.0 Å². The van der Waals surface area contributed by atoms with Gasteiger partial charge in [0.05, 0.1) is 17.4 Å². The standard InChI is InChI=1S/C27H27N7O3/c35-25(20-8-10-28-11-9-20)30-21-5-3-4-19(16-21)17-29-27(37)34-14-12-33(13-15-34)18-24-31-23-7-2-1-6-22(23)26(36)32-24/h1-11,16H,12-15,17-18H2,(H,29,37)(H,30,35)(H,31,32,36). The molecule has 1 aliphatic rings. The summed E-state index contributed by atoms with van der Waals surface area (Å²) in [5.41, 5.74) is 2.60. The molecule has 10 heteroatoms. The van der Waals surface area contributed by atoms with E-state index in [9.17, 15) is 14.4 Å². The summed E-state index contributed by atoms with van der Waals surface area (Å²) >= 11 is 0. The third kappa shape index (κ3) is 5.99. The van der Waals surface area contributed by atoms with Crippen molar-refractivity contribution in [2.75, 3.05) is 31.5 Å². The van der Waals surface area contributed by atoms with Crippen LogP contribution in [0.15, 0.2) is 77.9 Å². The number of carbonyl (C=O) groups excluding carboxylic acids is 2. The zero-order valence-electron chi connectivity index (χ0n) is 20.2. The van der Waals surface area contributed by atoms with Gasteiger partial charge in [-0.1, -0.05) is 24.3 Å². The fourth-order valence-corrected chi connectivity index (χ4v) is 4.29. The second kappa shape index (κ2) is 11.0. The number of rotatable bonds is 6. The van der Waals surface area contributed by atoms with Crippen molar-refractivity contribution in [3.8, 4) is 0 Å². The highest BCUT2D eigenvalue weighted by Crippen LogP contribution is 2.13. The number of nitrogens with zero attached hydrogens (tertiary/aromatic N) is 4. The highest BCUT2D eigenvalue weighted by atomic mass is 16.2. The molecular formula is C27H27N7O3. The number of pyridine rings is 1. The molecule has 4 aromatic rings. The van der Waals surface area contributed by atoms with Crippen LogP contribution in [0.1, 0.15) is 21.7 Å². The number of nitrogens with one attached hydrogen (secondary N) is 3. The molecule has 2 aromatic carbocycles. The summed E-state index contributed by atoms with van der Waals surface area (Å²) in [6.45, 7) is 3.38. The van der Waals surface area contributed by atoms with Crippen molar-refractivity contribution in [2.45, 2.75) is 13.1 Å². The number of aromatic nitrogens is 3. The van der Waals surface area contributed by atoms with Crippen LogP contribution in [0, 0.1) is 0 Å². The maximum absolute atomic E-state index is 12.7. The zero-order chi connectivity index (χ0) is 25.6. The maximum atomic E-state index is 12.7. The third-order valence-corrected chi connectivity index (χ3v) is 6.27. The first-order valence-corrected chi connectivity index (χ1v) is 12.1. The van der Waals surface area contributed by atoms with Gasteiger partial charge in [-0.15, -0.1) is 0 Å². The maximum Gasteiger partial charge on any atom is 0.317 e. The molecule has 0 radical (unpaired) electrons. The van der Waals surface area contributed by atoms with Crippen molar-refractivity contribution in [3.63, 3.8) is 0 Å². The van der Waals surface area contributed by atoms with Gasteiger partial charge in [0.1, 0.15) is 5.82 Å². The smallest absolute Gasteiger partial charge is 0.317 e. The van der Waals surface area contributed by atoms with Gasteiger partial charge >= 0.3 is 6.03 Å². The van der Waals surface area contributed by atoms with Gasteiger partial charge in [0.2, 0.25) is 0 Å². The number of aromatic amines is 1. The molecule has 1 saturated heterocycles. The molecule has 2 aromatic heterocycles. The van der Waals surface area contributed by atoms with E-state index >= 15 is 0 Å². The van der Waals surface area contributed by atoms with Gasteiger partial charge in [-0.3, -0.25) is 19.5 Å². The molecule has 0 saturated carbocycles. The molecule has 37 heavy (non-hydrogen) atoms. The van der Waals surface area contributed by atoms with E-state index in [-0.39, 0.29) is 17.5 Å². The van der Waals surface area contributed by atoms with Crippen molar-refractivity contribution in [1.29, 1.82) is 0 Å². The quantitative estimate of drug-likeness (QED) is 0.376. The summed E-state index contributed by atoms with van der Waals surface area (Å²) in [7, 11) is 0. The Labute approximate surface area is 213 Å². The first kappa shape index (κ1) is 24.1. The van der Waals surface area contributed by atoms with E-state index < -0.39 is 0 Å². The van der Waals surface area contributed by atoms with Gasteiger partial charge in [0, 0.05) is 56.4 Å². The summed E-state index contributed by atoms with van der Waals surface area (Å²) in [6, 6.07) is 17.8. The summed E-state index contributed by atoms with van der Waals surface area (Å²) in [5, 5.41) is 6.40. The molecule has 0 bridgehead atoms. The molecule has 1 fully saturated rings. The van der Waals surface area contributed by atoms with Crippen molar-refractivity contribution >= 4 is 28.5 Å². The number of fused-ring (bicyclic) bond motifs is 1. The van der Waals surface area contributed by atoms with Crippen LogP contribution in [-0.4, -0.2) is 62.9 Å². The molecular weight excluding hydrogens is 470 g/mol. The number of anilines is 1. The predicted octanol–water partition coefficient (Wildman–Crippen LogP) is 2.60. The Morgan fingerprint density at radius 3 is 2.54 bits per heavy atom. The lowest BCUT2D eigenvalue weighted by Crippen LogP contribution is -2.51. The number of benzene rings is 2.